The largest absolute Gasteiger partial charge is 0.573 e. The Hall–Kier alpha value is -1.62. The van der Waals surface area contributed by atoms with Crippen LogP contribution in [0.1, 0.15) is 17.7 Å². The molecule has 17 heavy (non-hydrogen) atoms. The van der Waals surface area contributed by atoms with Crippen molar-refractivity contribution in [2.75, 3.05) is 0 Å². The zero-order valence-electron chi connectivity index (χ0n) is 7.73. The highest BCUT2D eigenvalue weighted by molar-refractivity contribution is 6.30. The van der Waals surface area contributed by atoms with Gasteiger partial charge in [-0.3, -0.25) is 0 Å². The molecule has 0 atom stereocenters. The average Bonchev–Trinajstić information content (AvgIpc) is 2.13. The minimum atomic E-state index is -5.17. The summed E-state index contributed by atoms with van der Waals surface area (Å²) in [6.07, 6.45) is -8.47. The van der Waals surface area contributed by atoms with E-state index in [1.54, 1.807) is 0 Å². The molecule has 3 nitrogen and oxygen atoms in total. The van der Waals surface area contributed by atoms with Crippen LogP contribution in [0.5, 0.6) is 5.75 Å². The fourth-order valence-electron chi connectivity index (χ4n) is 0.966. The van der Waals surface area contributed by atoms with Gasteiger partial charge in [-0.2, -0.15) is 5.26 Å². The number of ether oxygens (including phenoxy) is 1. The Morgan fingerprint density at radius 3 is 2.41 bits per heavy atom. The zero-order valence-corrected chi connectivity index (χ0v) is 8.48. The Balaban J connectivity index is 3.34. The molecule has 0 aliphatic rings. The third-order valence-electron chi connectivity index (χ3n) is 1.53. The zero-order chi connectivity index (χ0) is 13.2. The summed E-state index contributed by atoms with van der Waals surface area (Å²) < 4.78 is 64.1. The average molecular weight is 273 g/mol. The van der Waals surface area contributed by atoms with Crippen molar-refractivity contribution in [1.82, 2.24) is 4.98 Å². The van der Waals surface area contributed by atoms with Crippen molar-refractivity contribution in [2.24, 2.45) is 0 Å². The number of pyridine rings is 1. The van der Waals surface area contributed by atoms with E-state index in [4.69, 9.17) is 16.9 Å². The second-order valence-electron chi connectivity index (χ2n) is 2.67. The summed E-state index contributed by atoms with van der Waals surface area (Å²) in [5.41, 5.74) is -1.76. The minimum Gasteiger partial charge on any atom is -0.405 e. The van der Waals surface area contributed by atoms with Gasteiger partial charge in [0, 0.05) is 6.07 Å². The topological polar surface area (TPSA) is 45.9 Å². The lowest BCUT2D eigenvalue weighted by Crippen LogP contribution is -2.18. The Kier molecular flexibility index (Phi) is 3.72. The van der Waals surface area contributed by atoms with Crippen LogP contribution in [0.3, 0.4) is 0 Å². The molecule has 1 rings (SSSR count). The molecule has 1 heterocycles. The molecule has 0 saturated heterocycles. The number of nitriles is 1. The van der Waals surface area contributed by atoms with E-state index in [0.29, 0.717) is 6.07 Å². The van der Waals surface area contributed by atoms with Gasteiger partial charge in [-0.25, -0.2) is 13.8 Å². The van der Waals surface area contributed by atoms with E-state index in [1.165, 1.54) is 6.07 Å². The van der Waals surface area contributed by atoms with Crippen LogP contribution in [0, 0.1) is 11.3 Å². The first-order chi connectivity index (χ1) is 7.74. The second kappa shape index (κ2) is 4.71. The molecule has 0 aromatic carbocycles. The molecule has 0 N–H and O–H groups in total. The van der Waals surface area contributed by atoms with Gasteiger partial charge in [0.1, 0.15) is 22.7 Å². The molecule has 0 amide bonds. The Morgan fingerprint density at radius 1 is 1.41 bits per heavy atom. The number of rotatable bonds is 2. The van der Waals surface area contributed by atoms with Gasteiger partial charge in [-0.1, -0.05) is 11.6 Å². The van der Waals surface area contributed by atoms with E-state index in [9.17, 15) is 22.0 Å². The van der Waals surface area contributed by atoms with Crippen molar-refractivity contribution in [3.8, 4) is 11.8 Å². The van der Waals surface area contributed by atoms with Crippen LogP contribution in [0.2, 0.25) is 5.15 Å². The summed E-state index contributed by atoms with van der Waals surface area (Å²) in [5.74, 6) is -1.23. The van der Waals surface area contributed by atoms with Gasteiger partial charge < -0.3 is 4.74 Å². The van der Waals surface area contributed by atoms with Crippen molar-refractivity contribution in [2.45, 2.75) is 12.8 Å². The molecule has 0 unspecified atom stereocenters. The summed E-state index contributed by atoms with van der Waals surface area (Å²) in [6.45, 7) is 0. The number of hydrogen-bond acceptors (Lipinski definition) is 3. The van der Waals surface area contributed by atoms with E-state index in [-0.39, 0.29) is 0 Å². The molecule has 1 aromatic heterocycles. The quantitative estimate of drug-likeness (QED) is 0.612. The van der Waals surface area contributed by atoms with E-state index >= 15 is 0 Å². The van der Waals surface area contributed by atoms with Crippen molar-refractivity contribution >= 4 is 11.6 Å². The van der Waals surface area contributed by atoms with Crippen molar-refractivity contribution < 1.29 is 26.7 Å². The maximum atomic E-state index is 12.4. The van der Waals surface area contributed by atoms with Crippen LogP contribution in [0.25, 0.3) is 0 Å². The lowest BCUT2D eigenvalue weighted by atomic mass is 10.2. The summed E-state index contributed by atoms with van der Waals surface area (Å²) in [5, 5.41) is 7.51. The van der Waals surface area contributed by atoms with Gasteiger partial charge in [-0.15, -0.1) is 13.2 Å². The highest BCUT2D eigenvalue weighted by Crippen LogP contribution is 2.37. The fourth-order valence-corrected chi connectivity index (χ4v) is 1.23. The molecule has 0 spiro atoms. The van der Waals surface area contributed by atoms with Crippen molar-refractivity contribution in [3.05, 3.63) is 22.5 Å². The fraction of sp³-hybridized carbons (Fsp3) is 0.250. The summed E-state index contributed by atoms with van der Waals surface area (Å²) in [7, 11) is 0. The third kappa shape index (κ3) is 3.42. The molecular weight excluding hydrogens is 271 g/mol. The Labute approximate surface area is 96.4 Å². The van der Waals surface area contributed by atoms with Gasteiger partial charge in [0.2, 0.25) is 0 Å². The smallest absolute Gasteiger partial charge is 0.405 e. The predicted octanol–water partition coefficient (Wildman–Crippen LogP) is 3.44. The van der Waals surface area contributed by atoms with E-state index in [1.807, 2.05) is 0 Å². The first-order valence-electron chi connectivity index (χ1n) is 3.89. The van der Waals surface area contributed by atoms with Crippen LogP contribution >= 0.6 is 11.6 Å². The van der Waals surface area contributed by atoms with E-state index in [0.717, 1.165) is 0 Å². The Bertz CT molecular complexity index is 468. The van der Waals surface area contributed by atoms with Crippen LogP contribution in [-0.2, 0) is 0 Å². The SMILES string of the molecule is N#Cc1cc(OC(F)(F)F)c(C(F)F)c(Cl)n1. The number of halogens is 6. The Morgan fingerprint density at radius 2 is 2.00 bits per heavy atom. The maximum Gasteiger partial charge on any atom is 0.573 e. The van der Waals surface area contributed by atoms with Crippen molar-refractivity contribution in [1.29, 1.82) is 5.26 Å². The first-order valence-corrected chi connectivity index (χ1v) is 4.27. The van der Waals surface area contributed by atoms with Gasteiger partial charge in [0.15, 0.2) is 0 Å². The van der Waals surface area contributed by atoms with Gasteiger partial charge in [0.25, 0.3) is 6.43 Å². The van der Waals surface area contributed by atoms with E-state index < -0.39 is 34.9 Å². The van der Waals surface area contributed by atoms with Crippen LogP contribution in [0.15, 0.2) is 6.07 Å². The van der Waals surface area contributed by atoms with Crippen LogP contribution in [-0.4, -0.2) is 11.3 Å². The molecule has 0 aliphatic carbocycles. The molecule has 1 aromatic rings. The molecule has 0 bridgehead atoms. The highest BCUT2D eigenvalue weighted by atomic mass is 35.5. The number of aromatic nitrogens is 1. The lowest BCUT2D eigenvalue weighted by Gasteiger charge is -2.13. The summed E-state index contributed by atoms with van der Waals surface area (Å²) in [6, 6.07) is 1.82. The summed E-state index contributed by atoms with van der Waals surface area (Å²) >= 11 is 5.25. The highest BCUT2D eigenvalue weighted by Gasteiger charge is 2.34. The normalized spacial score (nSPS) is 11.4. The third-order valence-corrected chi connectivity index (χ3v) is 1.82. The van der Waals surface area contributed by atoms with Gasteiger partial charge in [-0.05, 0) is 0 Å². The number of alkyl halides is 5. The molecule has 0 fully saturated rings. The molecule has 0 saturated carbocycles. The number of hydrogen-bond donors (Lipinski definition) is 0. The van der Waals surface area contributed by atoms with Crippen LogP contribution < -0.4 is 4.74 Å². The standard InChI is InChI=1S/C8H2ClF5N2O/c9-6-5(7(10)11)4(17-8(12,13)14)1-3(2-15)16-6/h1,7H. The summed E-state index contributed by atoms with van der Waals surface area (Å²) in [4.78, 5) is 3.18. The van der Waals surface area contributed by atoms with Crippen LogP contribution in [0.4, 0.5) is 22.0 Å². The number of nitrogens with zero attached hydrogens (tertiary/aromatic N) is 2. The molecule has 92 valence electrons. The lowest BCUT2D eigenvalue weighted by molar-refractivity contribution is -0.275. The molecule has 9 heteroatoms. The monoisotopic (exact) mass is 272 g/mol. The molecule has 0 aliphatic heterocycles. The minimum absolute atomic E-state index is 0.445. The van der Waals surface area contributed by atoms with E-state index in [2.05, 4.69) is 9.72 Å². The van der Waals surface area contributed by atoms with Gasteiger partial charge >= 0.3 is 6.36 Å². The first kappa shape index (κ1) is 13.4. The van der Waals surface area contributed by atoms with Gasteiger partial charge in [0.05, 0.1) is 5.56 Å². The second-order valence-corrected chi connectivity index (χ2v) is 3.03. The predicted molar refractivity (Wildman–Crippen MR) is 45.6 cm³/mol. The molecular formula is C8H2ClF5N2O. The van der Waals surface area contributed by atoms with Crippen molar-refractivity contribution in [3.63, 3.8) is 0 Å². The molecule has 0 radical (unpaired) electrons. The maximum absolute atomic E-state index is 12.4.